The molecule has 1 aromatic heterocycles. The fourth-order valence-corrected chi connectivity index (χ4v) is 1.32. The lowest BCUT2D eigenvalue weighted by atomic mass is 10.2. The molecule has 5 nitrogen and oxygen atoms in total. The third-order valence-corrected chi connectivity index (χ3v) is 2.13. The van der Waals surface area contributed by atoms with E-state index in [-0.39, 0.29) is 12.1 Å². The fraction of sp³-hybridized carbons (Fsp3) is 0.600. The van der Waals surface area contributed by atoms with Crippen LogP contribution in [0.15, 0.2) is 0 Å². The van der Waals surface area contributed by atoms with Gasteiger partial charge in [0.25, 0.3) is 0 Å². The summed E-state index contributed by atoms with van der Waals surface area (Å²) in [5.74, 6) is 0. The number of hydrogen-bond acceptors (Lipinski definition) is 2. The van der Waals surface area contributed by atoms with E-state index in [2.05, 4.69) is 20.8 Å². The third-order valence-electron chi connectivity index (χ3n) is 2.13. The molecule has 84 valence electrons. The molecule has 0 spiro atoms. The van der Waals surface area contributed by atoms with Gasteiger partial charge in [-0.15, -0.1) is 0 Å². The molecular formula is C10H18N4O. The Morgan fingerprint density at radius 2 is 2.13 bits per heavy atom. The van der Waals surface area contributed by atoms with Crippen LogP contribution in [0.5, 0.6) is 0 Å². The summed E-state index contributed by atoms with van der Waals surface area (Å²) in [5, 5.41) is 12.5. The maximum atomic E-state index is 11.3. The summed E-state index contributed by atoms with van der Waals surface area (Å²) in [6, 6.07) is 0.00143. The number of aryl methyl sites for hydroxylation is 2. The van der Waals surface area contributed by atoms with Gasteiger partial charge in [0.1, 0.15) is 0 Å². The molecule has 1 heterocycles. The Kier molecular flexibility index (Phi) is 3.71. The molecule has 0 saturated heterocycles. The van der Waals surface area contributed by atoms with Crippen LogP contribution in [-0.2, 0) is 6.54 Å². The van der Waals surface area contributed by atoms with Crippen LogP contribution in [0.2, 0.25) is 0 Å². The van der Waals surface area contributed by atoms with Crippen LogP contribution in [0, 0.1) is 13.8 Å². The molecular weight excluding hydrogens is 192 g/mol. The predicted molar refractivity (Wildman–Crippen MR) is 58.6 cm³/mol. The van der Waals surface area contributed by atoms with Crippen molar-refractivity contribution in [2.24, 2.45) is 0 Å². The van der Waals surface area contributed by atoms with Crippen molar-refractivity contribution >= 4 is 6.03 Å². The molecule has 1 aromatic rings. The highest BCUT2D eigenvalue weighted by Gasteiger charge is 2.08. The molecule has 0 fully saturated rings. The third kappa shape index (κ3) is 3.27. The van der Waals surface area contributed by atoms with Crippen molar-refractivity contribution in [3.05, 3.63) is 17.0 Å². The Hall–Kier alpha value is -1.52. The molecule has 0 atom stereocenters. The van der Waals surface area contributed by atoms with E-state index in [0.29, 0.717) is 6.54 Å². The Morgan fingerprint density at radius 3 is 2.60 bits per heavy atom. The minimum Gasteiger partial charge on any atom is -0.336 e. The van der Waals surface area contributed by atoms with E-state index in [1.807, 2.05) is 27.7 Å². The summed E-state index contributed by atoms with van der Waals surface area (Å²) in [6.07, 6.45) is 0. The number of urea groups is 1. The first-order chi connectivity index (χ1) is 7.00. The van der Waals surface area contributed by atoms with Crippen molar-refractivity contribution in [3.63, 3.8) is 0 Å². The van der Waals surface area contributed by atoms with E-state index in [1.54, 1.807) is 0 Å². The number of carbonyl (C=O) groups is 1. The normalized spacial score (nSPS) is 10.5. The van der Waals surface area contributed by atoms with Crippen molar-refractivity contribution in [3.8, 4) is 0 Å². The molecule has 1 rings (SSSR count). The molecule has 0 aliphatic heterocycles. The molecule has 0 radical (unpaired) electrons. The average Bonchev–Trinajstić information content (AvgIpc) is 2.42. The molecule has 0 bridgehead atoms. The van der Waals surface area contributed by atoms with Gasteiger partial charge in [-0.25, -0.2) is 4.79 Å². The Bertz CT molecular complexity index is 324. The highest BCUT2D eigenvalue weighted by atomic mass is 16.2. The van der Waals surface area contributed by atoms with Crippen LogP contribution in [0.3, 0.4) is 0 Å². The topological polar surface area (TPSA) is 69.8 Å². The van der Waals surface area contributed by atoms with Gasteiger partial charge in [0.05, 0.1) is 5.69 Å². The maximum absolute atomic E-state index is 11.3. The van der Waals surface area contributed by atoms with E-state index in [4.69, 9.17) is 0 Å². The van der Waals surface area contributed by atoms with Gasteiger partial charge < -0.3 is 10.6 Å². The fourth-order valence-electron chi connectivity index (χ4n) is 1.32. The first-order valence-corrected chi connectivity index (χ1v) is 5.05. The van der Waals surface area contributed by atoms with E-state index in [0.717, 1.165) is 17.0 Å². The molecule has 3 N–H and O–H groups in total. The Balaban J connectivity index is 2.47. The number of aromatic amines is 1. The molecule has 0 aliphatic rings. The van der Waals surface area contributed by atoms with Crippen LogP contribution in [0.25, 0.3) is 0 Å². The van der Waals surface area contributed by atoms with Crippen molar-refractivity contribution in [2.75, 3.05) is 0 Å². The summed E-state index contributed by atoms with van der Waals surface area (Å²) in [4.78, 5) is 11.3. The van der Waals surface area contributed by atoms with Crippen molar-refractivity contribution < 1.29 is 4.79 Å². The minimum atomic E-state index is -0.148. The molecule has 0 unspecified atom stereocenters. The van der Waals surface area contributed by atoms with Crippen LogP contribution >= 0.6 is 0 Å². The van der Waals surface area contributed by atoms with Gasteiger partial charge >= 0.3 is 6.03 Å². The highest BCUT2D eigenvalue weighted by molar-refractivity contribution is 5.74. The number of aromatic nitrogens is 2. The van der Waals surface area contributed by atoms with Gasteiger partial charge in [-0.05, 0) is 27.7 Å². The zero-order valence-electron chi connectivity index (χ0n) is 9.64. The second kappa shape index (κ2) is 4.82. The smallest absolute Gasteiger partial charge is 0.315 e. The summed E-state index contributed by atoms with van der Waals surface area (Å²) in [5.41, 5.74) is 2.98. The number of nitrogens with one attached hydrogen (secondary N) is 3. The monoisotopic (exact) mass is 210 g/mol. The number of rotatable bonds is 3. The molecule has 5 heteroatoms. The van der Waals surface area contributed by atoms with Crippen molar-refractivity contribution in [1.29, 1.82) is 0 Å². The second-order valence-electron chi connectivity index (χ2n) is 3.89. The summed E-state index contributed by atoms with van der Waals surface area (Å²) in [7, 11) is 0. The summed E-state index contributed by atoms with van der Waals surface area (Å²) >= 11 is 0. The van der Waals surface area contributed by atoms with Gasteiger partial charge in [0, 0.05) is 23.8 Å². The SMILES string of the molecule is Cc1n[nH]c(C)c1CNC(=O)NC(C)C. The molecule has 2 amide bonds. The van der Waals surface area contributed by atoms with Gasteiger partial charge in [0.2, 0.25) is 0 Å². The number of hydrogen-bond donors (Lipinski definition) is 3. The van der Waals surface area contributed by atoms with E-state index < -0.39 is 0 Å². The lowest BCUT2D eigenvalue weighted by molar-refractivity contribution is 0.238. The first kappa shape index (κ1) is 11.6. The molecule has 0 aromatic carbocycles. The predicted octanol–water partition coefficient (Wildman–Crippen LogP) is 1.23. The molecule has 0 aliphatic carbocycles. The van der Waals surface area contributed by atoms with Crippen LogP contribution in [0.1, 0.15) is 30.8 Å². The number of carbonyl (C=O) groups excluding carboxylic acids is 1. The van der Waals surface area contributed by atoms with Gasteiger partial charge in [-0.2, -0.15) is 5.10 Å². The van der Waals surface area contributed by atoms with Gasteiger partial charge in [0.15, 0.2) is 0 Å². The quantitative estimate of drug-likeness (QED) is 0.702. The van der Waals surface area contributed by atoms with Crippen molar-refractivity contribution in [2.45, 2.75) is 40.3 Å². The van der Waals surface area contributed by atoms with Crippen molar-refractivity contribution in [1.82, 2.24) is 20.8 Å². The lowest BCUT2D eigenvalue weighted by Gasteiger charge is -2.09. The Labute approximate surface area is 89.6 Å². The van der Waals surface area contributed by atoms with E-state index in [1.165, 1.54) is 0 Å². The van der Waals surface area contributed by atoms with Crippen LogP contribution in [0.4, 0.5) is 4.79 Å². The largest absolute Gasteiger partial charge is 0.336 e. The minimum absolute atomic E-state index is 0.148. The lowest BCUT2D eigenvalue weighted by Crippen LogP contribution is -2.39. The number of nitrogens with zero attached hydrogens (tertiary/aromatic N) is 1. The van der Waals surface area contributed by atoms with Gasteiger partial charge in [-0.3, -0.25) is 5.10 Å². The molecule has 0 saturated carbocycles. The zero-order chi connectivity index (χ0) is 11.4. The Morgan fingerprint density at radius 1 is 1.47 bits per heavy atom. The summed E-state index contributed by atoms with van der Waals surface area (Å²) in [6.45, 7) is 8.22. The van der Waals surface area contributed by atoms with Crippen LogP contribution < -0.4 is 10.6 Å². The second-order valence-corrected chi connectivity index (χ2v) is 3.89. The summed E-state index contributed by atoms with van der Waals surface area (Å²) < 4.78 is 0. The first-order valence-electron chi connectivity index (χ1n) is 5.05. The average molecular weight is 210 g/mol. The van der Waals surface area contributed by atoms with E-state index >= 15 is 0 Å². The standard InChI is InChI=1S/C10H18N4O/c1-6(2)12-10(15)11-5-9-7(3)13-14-8(9)4/h6H,5H2,1-4H3,(H,13,14)(H2,11,12,15). The van der Waals surface area contributed by atoms with E-state index in [9.17, 15) is 4.79 Å². The molecule has 15 heavy (non-hydrogen) atoms. The number of amides is 2. The van der Waals surface area contributed by atoms with Gasteiger partial charge in [-0.1, -0.05) is 0 Å². The number of H-pyrrole nitrogens is 1. The van der Waals surface area contributed by atoms with Crippen LogP contribution in [-0.4, -0.2) is 22.3 Å². The zero-order valence-corrected chi connectivity index (χ0v) is 9.64. The highest BCUT2D eigenvalue weighted by Crippen LogP contribution is 2.07. The maximum Gasteiger partial charge on any atom is 0.315 e.